The molecule has 19 heavy (non-hydrogen) atoms. The Hall–Kier alpha value is -1.63. The number of carboxylic acid groups (broad SMARTS) is 1. The van der Waals surface area contributed by atoms with Gasteiger partial charge in [-0.1, -0.05) is 0 Å². The summed E-state index contributed by atoms with van der Waals surface area (Å²) in [5.74, 6) is -1.75. The Morgan fingerprint density at radius 1 is 1.42 bits per heavy atom. The molecule has 7 heteroatoms. The molecule has 104 valence electrons. The Balaban J connectivity index is 2.21. The highest BCUT2D eigenvalue weighted by Crippen LogP contribution is 2.22. The first-order chi connectivity index (χ1) is 8.87. The van der Waals surface area contributed by atoms with Gasteiger partial charge in [0.05, 0.1) is 17.1 Å². The third-order valence-corrected chi connectivity index (χ3v) is 4.86. The fourth-order valence-electron chi connectivity index (χ4n) is 2.18. The summed E-state index contributed by atoms with van der Waals surface area (Å²) in [5, 5.41) is 11.9. The smallest absolute Gasteiger partial charge is 0.337 e. The second-order valence-corrected chi connectivity index (χ2v) is 6.82. The number of rotatable bonds is 3. The molecule has 0 spiro atoms. The summed E-state index contributed by atoms with van der Waals surface area (Å²) >= 11 is 0. The molecule has 0 saturated carbocycles. The van der Waals surface area contributed by atoms with Gasteiger partial charge in [-0.15, -0.1) is 0 Å². The lowest BCUT2D eigenvalue weighted by Crippen LogP contribution is -2.35. The molecule has 1 aromatic carbocycles. The van der Waals surface area contributed by atoms with Crippen LogP contribution in [0.15, 0.2) is 18.2 Å². The van der Waals surface area contributed by atoms with E-state index in [0.717, 1.165) is 12.1 Å². The molecule has 0 aromatic heterocycles. The molecular formula is C12H14FNO4S. The fourth-order valence-corrected chi connectivity index (χ4v) is 3.81. The van der Waals surface area contributed by atoms with Crippen LogP contribution in [0.1, 0.15) is 23.2 Å². The van der Waals surface area contributed by atoms with Crippen LogP contribution in [0.5, 0.6) is 0 Å². The van der Waals surface area contributed by atoms with Crippen LogP contribution in [0, 0.1) is 5.82 Å². The molecule has 2 rings (SSSR count). The van der Waals surface area contributed by atoms with Gasteiger partial charge < -0.3 is 10.4 Å². The lowest BCUT2D eigenvalue weighted by molar-refractivity contribution is 0.0697. The lowest BCUT2D eigenvalue weighted by atomic mass is 10.1. The van der Waals surface area contributed by atoms with E-state index in [-0.39, 0.29) is 28.8 Å². The highest BCUT2D eigenvalue weighted by molar-refractivity contribution is 7.91. The Bertz CT molecular complexity index is 600. The van der Waals surface area contributed by atoms with Gasteiger partial charge in [0.25, 0.3) is 0 Å². The normalized spacial score (nSPS) is 21.8. The largest absolute Gasteiger partial charge is 0.478 e. The third-order valence-electron chi connectivity index (χ3n) is 3.03. The highest BCUT2D eigenvalue weighted by atomic mass is 32.2. The van der Waals surface area contributed by atoms with E-state index in [0.29, 0.717) is 12.8 Å². The van der Waals surface area contributed by atoms with Crippen molar-refractivity contribution in [3.05, 3.63) is 29.6 Å². The summed E-state index contributed by atoms with van der Waals surface area (Å²) < 4.78 is 36.0. The molecule has 1 heterocycles. The van der Waals surface area contributed by atoms with E-state index >= 15 is 0 Å². The molecule has 0 radical (unpaired) electrons. The second kappa shape index (κ2) is 5.16. The van der Waals surface area contributed by atoms with Gasteiger partial charge in [-0.25, -0.2) is 17.6 Å². The lowest BCUT2D eigenvalue weighted by Gasteiger charge is -2.24. The minimum Gasteiger partial charge on any atom is -0.478 e. The van der Waals surface area contributed by atoms with Crippen LogP contribution in [0.3, 0.4) is 0 Å². The monoisotopic (exact) mass is 287 g/mol. The Morgan fingerprint density at radius 2 is 2.16 bits per heavy atom. The Morgan fingerprint density at radius 3 is 2.79 bits per heavy atom. The van der Waals surface area contributed by atoms with Crippen LogP contribution >= 0.6 is 0 Å². The number of hydrogen-bond donors (Lipinski definition) is 2. The van der Waals surface area contributed by atoms with E-state index in [9.17, 15) is 17.6 Å². The van der Waals surface area contributed by atoms with Crippen LogP contribution < -0.4 is 5.32 Å². The minimum atomic E-state index is -3.08. The number of carboxylic acids is 1. The van der Waals surface area contributed by atoms with Crippen LogP contribution in [0.4, 0.5) is 10.1 Å². The van der Waals surface area contributed by atoms with E-state index in [1.54, 1.807) is 0 Å². The van der Waals surface area contributed by atoms with Crippen molar-refractivity contribution in [3.63, 3.8) is 0 Å². The topological polar surface area (TPSA) is 83.5 Å². The molecule has 0 amide bonds. The molecule has 2 N–H and O–H groups in total. The van der Waals surface area contributed by atoms with E-state index in [1.807, 2.05) is 0 Å². The number of carbonyl (C=O) groups is 1. The van der Waals surface area contributed by atoms with Gasteiger partial charge in [0, 0.05) is 11.7 Å². The predicted molar refractivity (Wildman–Crippen MR) is 68.7 cm³/mol. The number of nitrogens with one attached hydrogen (secondary N) is 1. The zero-order valence-electron chi connectivity index (χ0n) is 10.1. The molecule has 0 aliphatic carbocycles. The molecular weight excluding hydrogens is 273 g/mol. The molecule has 1 aliphatic rings. The number of aromatic carboxylic acids is 1. The van der Waals surface area contributed by atoms with Crippen molar-refractivity contribution in [2.45, 2.75) is 18.9 Å². The van der Waals surface area contributed by atoms with E-state index in [4.69, 9.17) is 5.11 Å². The van der Waals surface area contributed by atoms with Crippen LogP contribution in [-0.4, -0.2) is 37.0 Å². The van der Waals surface area contributed by atoms with Gasteiger partial charge in [0.1, 0.15) is 5.82 Å². The number of benzene rings is 1. The first-order valence-corrected chi connectivity index (χ1v) is 7.69. The van der Waals surface area contributed by atoms with Crippen LogP contribution in [-0.2, 0) is 9.84 Å². The second-order valence-electron chi connectivity index (χ2n) is 4.59. The van der Waals surface area contributed by atoms with Gasteiger partial charge in [-0.2, -0.15) is 0 Å². The van der Waals surface area contributed by atoms with Gasteiger partial charge >= 0.3 is 5.97 Å². The zero-order valence-corrected chi connectivity index (χ0v) is 10.9. The number of sulfone groups is 1. The summed E-state index contributed by atoms with van der Waals surface area (Å²) in [6.07, 6.45) is 1.19. The van der Waals surface area contributed by atoms with Crippen molar-refractivity contribution in [1.29, 1.82) is 0 Å². The van der Waals surface area contributed by atoms with E-state index < -0.39 is 21.6 Å². The average molecular weight is 287 g/mol. The highest BCUT2D eigenvalue weighted by Gasteiger charge is 2.25. The maximum absolute atomic E-state index is 13.0. The molecule has 1 aromatic rings. The fraction of sp³-hybridized carbons (Fsp3) is 0.417. The first-order valence-electron chi connectivity index (χ1n) is 5.87. The average Bonchev–Trinajstić information content (AvgIpc) is 2.30. The summed E-state index contributed by atoms with van der Waals surface area (Å²) in [4.78, 5) is 11.0. The van der Waals surface area contributed by atoms with Crippen molar-refractivity contribution < 1.29 is 22.7 Å². The van der Waals surface area contributed by atoms with Crippen molar-refractivity contribution in [2.24, 2.45) is 0 Å². The molecule has 1 aliphatic heterocycles. The van der Waals surface area contributed by atoms with E-state index in [2.05, 4.69) is 5.32 Å². The van der Waals surface area contributed by atoms with E-state index in [1.165, 1.54) is 6.07 Å². The molecule has 5 nitrogen and oxygen atoms in total. The van der Waals surface area contributed by atoms with Gasteiger partial charge in [-0.05, 0) is 31.0 Å². The Kier molecular flexibility index (Phi) is 3.75. The standard InChI is InChI=1S/C12H14FNO4S/c13-8-3-4-11(10(6-8)12(15)16)14-9-2-1-5-19(17,18)7-9/h3-4,6,9,14H,1-2,5,7H2,(H,15,16). The van der Waals surface area contributed by atoms with Gasteiger partial charge in [0.2, 0.25) is 0 Å². The first kappa shape index (κ1) is 13.8. The van der Waals surface area contributed by atoms with Crippen molar-refractivity contribution in [3.8, 4) is 0 Å². The number of halogens is 1. The summed E-state index contributed by atoms with van der Waals surface area (Å²) in [7, 11) is -3.08. The molecule has 1 saturated heterocycles. The zero-order chi connectivity index (χ0) is 14.0. The third kappa shape index (κ3) is 3.44. The van der Waals surface area contributed by atoms with Gasteiger partial charge in [-0.3, -0.25) is 0 Å². The van der Waals surface area contributed by atoms with Gasteiger partial charge in [0.15, 0.2) is 9.84 Å². The predicted octanol–water partition coefficient (Wildman–Crippen LogP) is 1.51. The minimum absolute atomic E-state index is 0.0244. The van der Waals surface area contributed by atoms with Crippen LogP contribution in [0.25, 0.3) is 0 Å². The molecule has 1 unspecified atom stereocenters. The quantitative estimate of drug-likeness (QED) is 0.880. The molecule has 1 atom stereocenters. The number of hydrogen-bond acceptors (Lipinski definition) is 4. The maximum Gasteiger partial charge on any atom is 0.337 e. The molecule has 0 bridgehead atoms. The molecule has 1 fully saturated rings. The summed E-state index contributed by atoms with van der Waals surface area (Å²) in [6, 6.07) is 3.05. The van der Waals surface area contributed by atoms with Crippen LogP contribution in [0.2, 0.25) is 0 Å². The van der Waals surface area contributed by atoms with Crippen molar-refractivity contribution in [1.82, 2.24) is 0 Å². The Labute approximate surface area is 110 Å². The summed E-state index contributed by atoms with van der Waals surface area (Å²) in [5.41, 5.74) is 0.0546. The number of anilines is 1. The SMILES string of the molecule is O=C(O)c1cc(F)ccc1NC1CCCS(=O)(=O)C1. The maximum atomic E-state index is 13.0. The summed E-state index contributed by atoms with van der Waals surface area (Å²) in [6.45, 7) is 0. The van der Waals surface area contributed by atoms with Crippen molar-refractivity contribution in [2.75, 3.05) is 16.8 Å². The van der Waals surface area contributed by atoms with Crippen molar-refractivity contribution >= 4 is 21.5 Å².